The fourth-order valence-corrected chi connectivity index (χ4v) is 0.967. The Bertz CT molecular complexity index is 184. The summed E-state index contributed by atoms with van der Waals surface area (Å²) in [6, 6.07) is 1.98. The van der Waals surface area contributed by atoms with Crippen LogP contribution in [0.4, 0.5) is 0 Å². The lowest BCUT2D eigenvalue weighted by Gasteiger charge is -2.01. The first kappa shape index (κ1) is 9.29. The van der Waals surface area contributed by atoms with Crippen LogP contribution in [0.1, 0.15) is 5.56 Å². The zero-order valence-electron chi connectivity index (χ0n) is 7.38. The Morgan fingerprint density at radius 2 is 2.42 bits per heavy atom. The molecule has 0 aliphatic carbocycles. The third-order valence-electron chi connectivity index (χ3n) is 1.65. The van der Waals surface area contributed by atoms with Crippen LogP contribution >= 0.6 is 0 Å². The number of furan rings is 1. The molecule has 1 rings (SSSR count). The summed E-state index contributed by atoms with van der Waals surface area (Å²) in [6.07, 6.45) is 4.49. The predicted molar refractivity (Wildman–Crippen MR) is 47.2 cm³/mol. The van der Waals surface area contributed by atoms with Crippen LogP contribution in [0.25, 0.3) is 0 Å². The fraction of sp³-hybridized carbons (Fsp3) is 0.556. The van der Waals surface area contributed by atoms with Crippen molar-refractivity contribution in [2.24, 2.45) is 0 Å². The highest BCUT2D eigenvalue weighted by Crippen LogP contribution is 1.98. The molecule has 0 unspecified atom stereocenters. The topological polar surface area (TPSA) is 34.4 Å². The van der Waals surface area contributed by atoms with E-state index in [1.165, 1.54) is 5.56 Å². The molecule has 0 aliphatic rings. The van der Waals surface area contributed by atoms with E-state index in [4.69, 9.17) is 9.15 Å². The van der Waals surface area contributed by atoms with Crippen LogP contribution in [0.3, 0.4) is 0 Å². The van der Waals surface area contributed by atoms with Gasteiger partial charge in [0.1, 0.15) is 0 Å². The Balaban J connectivity index is 1.96. The number of hydrogen-bond acceptors (Lipinski definition) is 3. The van der Waals surface area contributed by atoms with Crippen molar-refractivity contribution in [2.45, 2.75) is 6.42 Å². The molecule has 0 spiro atoms. The largest absolute Gasteiger partial charge is 0.472 e. The second kappa shape index (κ2) is 5.80. The van der Waals surface area contributed by atoms with Gasteiger partial charge in [-0.1, -0.05) is 0 Å². The fourth-order valence-electron chi connectivity index (χ4n) is 0.967. The molecule has 3 heteroatoms. The van der Waals surface area contributed by atoms with E-state index in [0.717, 1.165) is 26.1 Å². The summed E-state index contributed by atoms with van der Waals surface area (Å²) in [5.41, 5.74) is 1.24. The van der Waals surface area contributed by atoms with Gasteiger partial charge in [-0.2, -0.15) is 0 Å². The minimum Gasteiger partial charge on any atom is -0.472 e. The molecule has 0 saturated carbocycles. The van der Waals surface area contributed by atoms with Crippen LogP contribution in [-0.2, 0) is 11.2 Å². The summed E-state index contributed by atoms with van der Waals surface area (Å²) in [5.74, 6) is 0. The maximum atomic E-state index is 4.94. The van der Waals surface area contributed by atoms with Crippen molar-refractivity contribution in [1.29, 1.82) is 0 Å². The van der Waals surface area contributed by atoms with Crippen molar-refractivity contribution < 1.29 is 9.15 Å². The van der Waals surface area contributed by atoms with E-state index in [1.54, 1.807) is 19.6 Å². The molecule has 0 saturated heterocycles. The quantitative estimate of drug-likeness (QED) is 0.646. The molecular formula is C9H15NO2. The molecule has 1 heterocycles. The number of nitrogens with one attached hydrogen (secondary N) is 1. The molecule has 0 aromatic carbocycles. The lowest BCUT2D eigenvalue weighted by atomic mass is 10.2. The van der Waals surface area contributed by atoms with Gasteiger partial charge in [-0.15, -0.1) is 0 Å². The second-order valence-corrected chi connectivity index (χ2v) is 2.62. The average molecular weight is 169 g/mol. The first-order valence-electron chi connectivity index (χ1n) is 4.14. The third kappa shape index (κ3) is 3.55. The Hall–Kier alpha value is -0.800. The first-order chi connectivity index (χ1) is 5.93. The number of hydrogen-bond donors (Lipinski definition) is 1. The number of rotatable bonds is 6. The predicted octanol–water partition coefficient (Wildman–Crippen LogP) is 1.06. The molecule has 1 aromatic heterocycles. The van der Waals surface area contributed by atoms with Gasteiger partial charge in [0, 0.05) is 13.7 Å². The van der Waals surface area contributed by atoms with Crippen molar-refractivity contribution in [3.05, 3.63) is 24.2 Å². The Kier molecular flexibility index (Phi) is 4.49. The van der Waals surface area contributed by atoms with E-state index in [1.807, 2.05) is 6.07 Å². The summed E-state index contributed by atoms with van der Waals surface area (Å²) in [5, 5.41) is 3.26. The van der Waals surface area contributed by atoms with Crippen molar-refractivity contribution in [3.63, 3.8) is 0 Å². The molecular weight excluding hydrogens is 154 g/mol. The molecule has 68 valence electrons. The van der Waals surface area contributed by atoms with Crippen LogP contribution < -0.4 is 5.32 Å². The normalized spacial score (nSPS) is 10.4. The van der Waals surface area contributed by atoms with Crippen molar-refractivity contribution in [2.75, 3.05) is 26.8 Å². The lowest BCUT2D eigenvalue weighted by Crippen LogP contribution is -2.21. The monoisotopic (exact) mass is 169 g/mol. The van der Waals surface area contributed by atoms with Crippen molar-refractivity contribution in [1.82, 2.24) is 5.32 Å². The second-order valence-electron chi connectivity index (χ2n) is 2.62. The van der Waals surface area contributed by atoms with E-state index in [2.05, 4.69) is 5.32 Å². The van der Waals surface area contributed by atoms with Crippen LogP contribution in [0, 0.1) is 0 Å². The highest BCUT2D eigenvalue weighted by Gasteiger charge is 1.92. The minimum absolute atomic E-state index is 0.769. The van der Waals surface area contributed by atoms with Gasteiger partial charge in [0.25, 0.3) is 0 Å². The van der Waals surface area contributed by atoms with Crippen molar-refractivity contribution >= 4 is 0 Å². The summed E-state index contributed by atoms with van der Waals surface area (Å²) >= 11 is 0. The van der Waals surface area contributed by atoms with E-state index >= 15 is 0 Å². The number of methoxy groups -OCH3 is 1. The zero-order chi connectivity index (χ0) is 8.65. The SMILES string of the molecule is COCCNCCc1ccoc1. The Labute approximate surface area is 72.7 Å². The molecule has 0 fully saturated rings. The molecule has 3 nitrogen and oxygen atoms in total. The first-order valence-corrected chi connectivity index (χ1v) is 4.14. The smallest absolute Gasteiger partial charge is 0.0934 e. The van der Waals surface area contributed by atoms with Gasteiger partial charge in [-0.05, 0) is 24.6 Å². The molecule has 1 N–H and O–H groups in total. The van der Waals surface area contributed by atoms with E-state index in [0.29, 0.717) is 0 Å². The molecule has 0 amide bonds. The van der Waals surface area contributed by atoms with E-state index in [9.17, 15) is 0 Å². The van der Waals surface area contributed by atoms with Gasteiger partial charge >= 0.3 is 0 Å². The Morgan fingerprint density at radius 1 is 1.50 bits per heavy atom. The maximum Gasteiger partial charge on any atom is 0.0934 e. The average Bonchev–Trinajstić information content (AvgIpc) is 2.57. The zero-order valence-corrected chi connectivity index (χ0v) is 7.38. The highest BCUT2D eigenvalue weighted by atomic mass is 16.5. The molecule has 0 atom stereocenters. The van der Waals surface area contributed by atoms with E-state index in [-0.39, 0.29) is 0 Å². The summed E-state index contributed by atoms with van der Waals surface area (Å²) in [4.78, 5) is 0. The van der Waals surface area contributed by atoms with Crippen LogP contribution in [0.2, 0.25) is 0 Å². The molecule has 0 radical (unpaired) electrons. The molecule has 1 aromatic rings. The lowest BCUT2D eigenvalue weighted by molar-refractivity contribution is 0.199. The van der Waals surface area contributed by atoms with Crippen LogP contribution in [0.15, 0.2) is 23.0 Å². The van der Waals surface area contributed by atoms with E-state index < -0.39 is 0 Å². The summed E-state index contributed by atoms with van der Waals surface area (Å²) < 4.78 is 9.84. The van der Waals surface area contributed by atoms with Crippen LogP contribution in [0.5, 0.6) is 0 Å². The summed E-state index contributed by atoms with van der Waals surface area (Å²) in [7, 11) is 1.71. The van der Waals surface area contributed by atoms with Gasteiger partial charge in [0.2, 0.25) is 0 Å². The van der Waals surface area contributed by atoms with Gasteiger partial charge in [-0.25, -0.2) is 0 Å². The van der Waals surface area contributed by atoms with Gasteiger partial charge < -0.3 is 14.5 Å². The summed E-state index contributed by atoms with van der Waals surface area (Å²) in [6.45, 7) is 2.66. The van der Waals surface area contributed by atoms with Gasteiger partial charge in [-0.3, -0.25) is 0 Å². The maximum absolute atomic E-state index is 4.94. The minimum atomic E-state index is 0.769. The standard InChI is InChI=1S/C9H15NO2/c1-11-7-5-10-4-2-9-3-6-12-8-9/h3,6,8,10H,2,4-5,7H2,1H3. The molecule has 12 heavy (non-hydrogen) atoms. The van der Waals surface area contributed by atoms with Crippen molar-refractivity contribution in [3.8, 4) is 0 Å². The van der Waals surface area contributed by atoms with Crippen LogP contribution in [-0.4, -0.2) is 26.8 Å². The third-order valence-corrected chi connectivity index (χ3v) is 1.65. The van der Waals surface area contributed by atoms with Gasteiger partial charge in [0.15, 0.2) is 0 Å². The van der Waals surface area contributed by atoms with Gasteiger partial charge in [0.05, 0.1) is 19.1 Å². The highest BCUT2D eigenvalue weighted by molar-refractivity contribution is 5.05. The molecule has 0 aliphatic heterocycles. The molecule has 0 bridgehead atoms. The number of ether oxygens (including phenoxy) is 1. The Morgan fingerprint density at radius 3 is 3.08 bits per heavy atom.